The van der Waals surface area contributed by atoms with Gasteiger partial charge < -0.3 is 14.8 Å². The summed E-state index contributed by atoms with van der Waals surface area (Å²) in [6.45, 7) is 3.85. The Labute approximate surface area is 145 Å². The first kappa shape index (κ1) is 18.6. The number of benzene rings is 2. The molecular formula is C19H20FNO4. The summed E-state index contributed by atoms with van der Waals surface area (Å²) in [5.74, 6) is -1.79. The molecule has 0 spiro atoms. The van der Waals surface area contributed by atoms with Crippen LogP contribution in [0.4, 0.5) is 10.1 Å². The van der Waals surface area contributed by atoms with Gasteiger partial charge in [-0.05, 0) is 43.7 Å². The summed E-state index contributed by atoms with van der Waals surface area (Å²) in [5, 5.41) is 2.35. The maximum atomic E-state index is 13.4. The lowest BCUT2D eigenvalue weighted by Gasteiger charge is -2.09. The fourth-order valence-corrected chi connectivity index (χ4v) is 1.96. The van der Waals surface area contributed by atoms with Crippen LogP contribution in [-0.2, 0) is 20.9 Å². The summed E-state index contributed by atoms with van der Waals surface area (Å²) >= 11 is 0. The van der Waals surface area contributed by atoms with E-state index < -0.39 is 24.3 Å². The molecule has 0 bridgehead atoms. The van der Waals surface area contributed by atoms with Crippen LogP contribution in [0.1, 0.15) is 29.8 Å². The molecule has 0 heterocycles. The summed E-state index contributed by atoms with van der Waals surface area (Å²) in [6.07, 6.45) is 0.123. The van der Waals surface area contributed by atoms with E-state index in [4.69, 9.17) is 9.47 Å². The molecule has 2 aromatic rings. The first-order valence-electron chi connectivity index (χ1n) is 7.87. The van der Waals surface area contributed by atoms with Gasteiger partial charge in [0, 0.05) is 0 Å². The summed E-state index contributed by atoms with van der Waals surface area (Å²) in [4.78, 5) is 23.7. The Morgan fingerprint density at radius 2 is 1.76 bits per heavy atom. The van der Waals surface area contributed by atoms with Crippen molar-refractivity contribution in [3.63, 3.8) is 0 Å². The number of amides is 1. The zero-order valence-corrected chi connectivity index (χ0v) is 14.1. The van der Waals surface area contributed by atoms with Crippen LogP contribution in [0.25, 0.3) is 0 Å². The van der Waals surface area contributed by atoms with Gasteiger partial charge in [0.25, 0.3) is 5.91 Å². The fourth-order valence-electron chi connectivity index (χ4n) is 1.96. The normalized spacial score (nSPS) is 10.6. The second-order valence-electron chi connectivity index (χ2n) is 5.66. The van der Waals surface area contributed by atoms with Crippen LogP contribution in [0.3, 0.4) is 0 Å². The highest BCUT2D eigenvalue weighted by molar-refractivity contribution is 5.95. The predicted octanol–water partition coefficient (Wildman–Crippen LogP) is 3.55. The third-order valence-corrected chi connectivity index (χ3v) is 3.26. The van der Waals surface area contributed by atoms with Crippen molar-refractivity contribution in [1.29, 1.82) is 0 Å². The van der Waals surface area contributed by atoms with Gasteiger partial charge in [0.2, 0.25) is 0 Å². The van der Waals surface area contributed by atoms with Crippen molar-refractivity contribution in [3.8, 4) is 0 Å². The van der Waals surface area contributed by atoms with Crippen LogP contribution < -0.4 is 5.32 Å². The highest BCUT2D eigenvalue weighted by Crippen LogP contribution is 2.12. The Morgan fingerprint density at radius 1 is 1.08 bits per heavy atom. The molecule has 6 heteroatoms. The van der Waals surface area contributed by atoms with Gasteiger partial charge in [-0.25, -0.2) is 9.18 Å². The van der Waals surface area contributed by atoms with E-state index in [1.807, 2.05) is 13.8 Å². The standard InChI is InChI=1S/C19H20FNO4/c1-13(2)24-11-14-7-9-15(10-8-14)19(23)25-12-18(22)21-17-6-4-3-5-16(17)20/h3-10,13H,11-12H2,1-2H3,(H,21,22). The number of halogens is 1. The molecule has 25 heavy (non-hydrogen) atoms. The van der Waals surface area contributed by atoms with Crippen molar-refractivity contribution in [1.82, 2.24) is 0 Å². The molecule has 0 aromatic heterocycles. The smallest absolute Gasteiger partial charge is 0.338 e. The van der Waals surface area contributed by atoms with Gasteiger partial charge in [-0.3, -0.25) is 4.79 Å². The lowest BCUT2D eigenvalue weighted by atomic mass is 10.1. The summed E-state index contributed by atoms with van der Waals surface area (Å²) < 4.78 is 23.8. The molecule has 0 saturated heterocycles. The van der Waals surface area contributed by atoms with E-state index in [0.29, 0.717) is 12.2 Å². The van der Waals surface area contributed by atoms with Crippen molar-refractivity contribution in [2.75, 3.05) is 11.9 Å². The van der Waals surface area contributed by atoms with Gasteiger partial charge in [-0.1, -0.05) is 24.3 Å². The highest BCUT2D eigenvalue weighted by Gasteiger charge is 2.12. The van der Waals surface area contributed by atoms with Gasteiger partial charge in [0.15, 0.2) is 6.61 Å². The number of rotatable bonds is 7. The van der Waals surface area contributed by atoms with E-state index in [0.717, 1.165) is 5.56 Å². The van der Waals surface area contributed by atoms with E-state index in [2.05, 4.69) is 5.32 Å². The molecule has 2 aromatic carbocycles. The number of anilines is 1. The van der Waals surface area contributed by atoms with Crippen LogP contribution in [-0.4, -0.2) is 24.6 Å². The molecule has 1 N–H and O–H groups in total. The maximum Gasteiger partial charge on any atom is 0.338 e. The molecule has 2 rings (SSSR count). The van der Waals surface area contributed by atoms with Gasteiger partial charge in [0.1, 0.15) is 5.82 Å². The van der Waals surface area contributed by atoms with Crippen molar-refractivity contribution in [3.05, 3.63) is 65.5 Å². The van der Waals surface area contributed by atoms with Gasteiger partial charge in [0.05, 0.1) is 24.0 Å². The molecule has 0 atom stereocenters. The molecule has 0 radical (unpaired) electrons. The van der Waals surface area contributed by atoms with Crippen molar-refractivity contribution >= 4 is 17.6 Å². The molecule has 0 aliphatic rings. The number of hydrogen-bond donors (Lipinski definition) is 1. The number of carbonyl (C=O) groups excluding carboxylic acids is 2. The molecule has 132 valence electrons. The first-order chi connectivity index (χ1) is 12.0. The Hall–Kier alpha value is -2.73. The Morgan fingerprint density at radius 3 is 2.40 bits per heavy atom. The Bertz CT molecular complexity index is 728. The number of hydrogen-bond acceptors (Lipinski definition) is 4. The second kappa shape index (κ2) is 8.94. The molecule has 0 aliphatic heterocycles. The second-order valence-corrected chi connectivity index (χ2v) is 5.66. The van der Waals surface area contributed by atoms with Crippen LogP contribution in [0.2, 0.25) is 0 Å². The van der Waals surface area contributed by atoms with Crippen molar-refractivity contribution in [2.24, 2.45) is 0 Å². The van der Waals surface area contributed by atoms with E-state index >= 15 is 0 Å². The van der Waals surface area contributed by atoms with Gasteiger partial charge in [-0.2, -0.15) is 0 Å². The number of para-hydroxylation sites is 1. The lowest BCUT2D eigenvalue weighted by molar-refractivity contribution is -0.119. The molecule has 0 aliphatic carbocycles. The van der Waals surface area contributed by atoms with Crippen LogP contribution in [0, 0.1) is 5.82 Å². The maximum absolute atomic E-state index is 13.4. The minimum absolute atomic E-state index is 0.0399. The van der Waals surface area contributed by atoms with Crippen LogP contribution in [0.5, 0.6) is 0 Å². The Balaban J connectivity index is 1.83. The monoisotopic (exact) mass is 345 g/mol. The Kier molecular flexibility index (Phi) is 6.65. The molecule has 0 unspecified atom stereocenters. The minimum atomic E-state index is -0.625. The largest absolute Gasteiger partial charge is 0.452 e. The number of ether oxygens (including phenoxy) is 2. The third-order valence-electron chi connectivity index (χ3n) is 3.26. The average molecular weight is 345 g/mol. The summed E-state index contributed by atoms with van der Waals surface area (Å²) in [5.41, 5.74) is 1.30. The minimum Gasteiger partial charge on any atom is -0.452 e. The molecule has 5 nitrogen and oxygen atoms in total. The number of esters is 1. The summed E-state index contributed by atoms with van der Waals surface area (Å²) in [7, 11) is 0. The first-order valence-corrected chi connectivity index (χ1v) is 7.87. The van der Waals surface area contributed by atoms with Crippen LogP contribution >= 0.6 is 0 Å². The quantitative estimate of drug-likeness (QED) is 0.780. The van der Waals surface area contributed by atoms with Crippen LogP contribution in [0.15, 0.2) is 48.5 Å². The van der Waals surface area contributed by atoms with Gasteiger partial charge in [-0.15, -0.1) is 0 Å². The topological polar surface area (TPSA) is 64.6 Å². The molecular weight excluding hydrogens is 325 g/mol. The molecule has 0 saturated carbocycles. The predicted molar refractivity (Wildman–Crippen MR) is 91.7 cm³/mol. The lowest BCUT2D eigenvalue weighted by Crippen LogP contribution is -2.21. The summed E-state index contributed by atoms with van der Waals surface area (Å²) in [6, 6.07) is 12.5. The highest BCUT2D eigenvalue weighted by atomic mass is 19.1. The number of nitrogens with one attached hydrogen (secondary N) is 1. The average Bonchev–Trinajstić information content (AvgIpc) is 2.60. The van der Waals surface area contributed by atoms with E-state index in [9.17, 15) is 14.0 Å². The molecule has 1 amide bonds. The van der Waals surface area contributed by atoms with Gasteiger partial charge >= 0.3 is 5.97 Å². The van der Waals surface area contributed by atoms with E-state index in [1.165, 1.54) is 18.2 Å². The zero-order valence-electron chi connectivity index (χ0n) is 14.1. The zero-order chi connectivity index (χ0) is 18.2. The van der Waals surface area contributed by atoms with Crippen molar-refractivity contribution in [2.45, 2.75) is 26.6 Å². The van der Waals surface area contributed by atoms with E-state index in [1.54, 1.807) is 30.3 Å². The van der Waals surface area contributed by atoms with Crippen molar-refractivity contribution < 1.29 is 23.5 Å². The molecule has 0 fully saturated rings. The number of carbonyl (C=O) groups is 2. The third kappa shape index (κ3) is 6.00. The SMILES string of the molecule is CC(C)OCc1ccc(C(=O)OCC(=O)Nc2ccccc2F)cc1. The fraction of sp³-hybridized carbons (Fsp3) is 0.263. The van der Waals surface area contributed by atoms with E-state index in [-0.39, 0.29) is 11.8 Å².